The van der Waals surface area contributed by atoms with Gasteiger partial charge in [0.05, 0.1) is 19.1 Å². The highest BCUT2D eigenvalue weighted by Crippen LogP contribution is 2.31. The van der Waals surface area contributed by atoms with Crippen LogP contribution in [0.3, 0.4) is 0 Å². The highest BCUT2D eigenvalue weighted by Gasteiger charge is 2.16. The normalized spacial score (nSPS) is 10.6. The van der Waals surface area contributed by atoms with Gasteiger partial charge in [-0.25, -0.2) is 4.98 Å². The number of anilines is 1. The predicted octanol–water partition coefficient (Wildman–Crippen LogP) is 4.28. The van der Waals surface area contributed by atoms with Gasteiger partial charge in [0.15, 0.2) is 10.9 Å². The third kappa shape index (κ3) is 3.12. The molecule has 118 valence electrons. The number of amides is 1. The number of carbonyl (C=O) groups excluding carboxylic acids is 1. The first-order valence-electron chi connectivity index (χ1n) is 7.06. The van der Waals surface area contributed by atoms with E-state index in [-0.39, 0.29) is 5.91 Å². The molecule has 1 amide bonds. The van der Waals surface area contributed by atoms with Crippen LogP contribution < -0.4 is 10.1 Å². The van der Waals surface area contributed by atoms with Gasteiger partial charge in [0, 0.05) is 16.0 Å². The number of nitrogens with one attached hydrogen (secondary N) is 1. The van der Waals surface area contributed by atoms with Crippen molar-refractivity contribution in [3.8, 4) is 17.0 Å². The summed E-state index contributed by atoms with van der Waals surface area (Å²) >= 11 is 1.43. The lowest BCUT2D eigenvalue weighted by Crippen LogP contribution is -2.11. The maximum absolute atomic E-state index is 12.2. The van der Waals surface area contributed by atoms with Gasteiger partial charge in [-0.3, -0.25) is 10.1 Å². The Kier molecular flexibility index (Phi) is 4.16. The zero-order valence-electron chi connectivity index (χ0n) is 13.0. The second-order valence-corrected chi connectivity index (χ2v) is 6.24. The van der Waals surface area contributed by atoms with Crippen LogP contribution in [0.5, 0.6) is 5.75 Å². The molecule has 23 heavy (non-hydrogen) atoms. The van der Waals surface area contributed by atoms with E-state index in [4.69, 9.17) is 9.15 Å². The van der Waals surface area contributed by atoms with Crippen molar-refractivity contribution < 1.29 is 13.9 Å². The number of rotatable bonds is 4. The van der Waals surface area contributed by atoms with E-state index in [0.717, 1.165) is 27.4 Å². The van der Waals surface area contributed by atoms with Crippen LogP contribution in [0.1, 0.15) is 21.0 Å². The number of ether oxygens (including phenoxy) is 1. The molecule has 0 bridgehead atoms. The van der Waals surface area contributed by atoms with Crippen molar-refractivity contribution in [1.29, 1.82) is 0 Å². The Hall–Kier alpha value is -2.60. The molecule has 0 saturated heterocycles. The molecule has 6 heteroatoms. The molecule has 2 aromatic heterocycles. The van der Waals surface area contributed by atoms with Gasteiger partial charge in [0.25, 0.3) is 5.91 Å². The summed E-state index contributed by atoms with van der Waals surface area (Å²) in [5.74, 6) is 0.815. The van der Waals surface area contributed by atoms with Gasteiger partial charge in [-0.2, -0.15) is 0 Å². The first kappa shape index (κ1) is 15.3. The lowest BCUT2D eigenvalue weighted by atomic mass is 10.1. The lowest BCUT2D eigenvalue weighted by Gasteiger charge is -2.02. The van der Waals surface area contributed by atoms with Crippen LogP contribution in [0.4, 0.5) is 5.13 Å². The van der Waals surface area contributed by atoms with Crippen molar-refractivity contribution in [2.24, 2.45) is 0 Å². The number of nitrogens with zero attached hydrogens (tertiary/aromatic N) is 1. The topological polar surface area (TPSA) is 64.4 Å². The fourth-order valence-corrected chi connectivity index (χ4v) is 3.06. The standard InChI is InChI=1S/C17H16N2O3S/c1-10-8-9-22-15(10)16(20)19-17-18-14(11(2)23-17)12-4-6-13(21-3)7-5-12/h4-9H,1-3H3,(H,18,19,20). The van der Waals surface area contributed by atoms with Crippen molar-refractivity contribution in [2.75, 3.05) is 12.4 Å². The molecule has 0 saturated carbocycles. The van der Waals surface area contributed by atoms with Crippen LogP contribution in [0.25, 0.3) is 11.3 Å². The SMILES string of the molecule is COc1ccc(-c2nc(NC(=O)c3occc3C)sc2C)cc1. The molecule has 0 spiro atoms. The summed E-state index contributed by atoms with van der Waals surface area (Å²) in [6, 6.07) is 9.42. The average molecular weight is 328 g/mol. The fourth-order valence-electron chi connectivity index (χ4n) is 2.23. The van der Waals surface area contributed by atoms with Crippen LogP contribution in [-0.4, -0.2) is 18.0 Å². The minimum Gasteiger partial charge on any atom is -0.497 e. The molecule has 3 rings (SSSR count). The first-order chi connectivity index (χ1) is 11.1. The van der Waals surface area contributed by atoms with E-state index in [1.807, 2.05) is 38.1 Å². The van der Waals surface area contributed by atoms with E-state index in [2.05, 4.69) is 10.3 Å². The monoisotopic (exact) mass is 328 g/mol. The number of hydrogen-bond donors (Lipinski definition) is 1. The summed E-state index contributed by atoms with van der Waals surface area (Å²) in [4.78, 5) is 17.7. The van der Waals surface area contributed by atoms with Crippen LogP contribution in [0.15, 0.2) is 41.0 Å². The summed E-state index contributed by atoms with van der Waals surface area (Å²) in [6.07, 6.45) is 1.50. The Morgan fingerprint density at radius 2 is 1.96 bits per heavy atom. The molecule has 5 nitrogen and oxygen atoms in total. The summed E-state index contributed by atoms with van der Waals surface area (Å²) in [7, 11) is 1.63. The van der Waals surface area contributed by atoms with E-state index in [1.165, 1.54) is 17.6 Å². The highest BCUT2D eigenvalue weighted by atomic mass is 32.1. The Bertz CT molecular complexity index is 834. The van der Waals surface area contributed by atoms with Gasteiger partial charge in [-0.15, -0.1) is 11.3 Å². The van der Waals surface area contributed by atoms with Crippen molar-refractivity contribution >= 4 is 22.4 Å². The van der Waals surface area contributed by atoms with Gasteiger partial charge in [-0.1, -0.05) is 0 Å². The van der Waals surface area contributed by atoms with Crippen LogP contribution in [-0.2, 0) is 0 Å². The zero-order valence-corrected chi connectivity index (χ0v) is 13.9. The summed E-state index contributed by atoms with van der Waals surface area (Å²) in [6.45, 7) is 3.80. The van der Waals surface area contributed by atoms with Gasteiger partial charge in [-0.05, 0) is 44.2 Å². The molecule has 0 aliphatic carbocycles. The second-order valence-electron chi connectivity index (χ2n) is 5.04. The summed E-state index contributed by atoms with van der Waals surface area (Å²) < 4.78 is 10.4. The summed E-state index contributed by atoms with van der Waals surface area (Å²) in [5.41, 5.74) is 2.63. The van der Waals surface area contributed by atoms with Crippen molar-refractivity contribution in [3.63, 3.8) is 0 Å². The molecule has 1 aromatic carbocycles. The number of benzene rings is 1. The third-order valence-electron chi connectivity index (χ3n) is 3.45. The number of hydrogen-bond acceptors (Lipinski definition) is 5. The lowest BCUT2D eigenvalue weighted by molar-refractivity contribution is 0.0996. The van der Waals surface area contributed by atoms with Gasteiger partial charge in [0.1, 0.15) is 5.75 Å². The molecule has 1 N–H and O–H groups in total. The third-order valence-corrected chi connectivity index (χ3v) is 4.34. The predicted molar refractivity (Wildman–Crippen MR) is 90.2 cm³/mol. The number of thiazole rings is 1. The second kappa shape index (κ2) is 6.26. The molecule has 0 unspecified atom stereocenters. The molecular weight excluding hydrogens is 312 g/mol. The smallest absolute Gasteiger partial charge is 0.293 e. The number of carbonyl (C=O) groups is 1. The molecule has 0 aliphatic heterocycles. The fraction of sp³-hybridized carbons (Fsp3) is 0.176. The van der Waals surface area contributed by atoms with Gasteiger partial charge in [0.2, 0.25) is 0 Å². The van der Waals surface area contributed by atoms with E-state index in [9.17, 15) is 4.79 Å². The Balaban J connectivity index is 1.83. The van der Waals surface area contributed by atoms with Crippen molar-refractivity contribution in [3.05, 3.63) is 52.8 Å². The van der Waals surface area contributed by atoms with Gasteiger partial charge < -0.3 is 9.15 Å². The quantitative estimate of drug-likeness (QED) is 0.776. The van der Waals surface area contributed by atoms with E-state index >= 15 is 0 Å². The average Bonchev–Trinajstić information content (AvgIpc) is 3.13. The van der Waals surface area contributed by atoms with E-state index in [0.29, 0.717) is 10.9 Å². The number of furan rings is 1. The summed E-state index contributed by atoms with van der Waals surface area (Å²) in [5, 5.41) is 3.34. The molecule has 3 aromatic rings. The Morgan fingerprint density at radius 1 is 1.22 bits per heavy atom. The number of aromatic nitrogens is 1. The number of aryl methyl sites for hydroxylation is 2. The van der Waals surface area contributed by atoms with Crippen molar-refractivity contribution in [2.45, 2.75) is 13.8 Å². The Morgan fingerprint density at radius 3 is 2.57 bits per heavy atom. The van der Waals surface area contributed by atoms with Crippen molar-refractivity contribution in [1.82, 2.24) is 4.98 Å². The zero-order chi connectivity index (χ0) is 16.4. The molecule has 0 atom stereocenters. The molecule has 2 heterocycles. The largest absolute Gasteiger partial charge is 0.497 e. The minimum absolute atomic E-state index is 0.289. The molecule has 0 radical (unpaired) electrons. The first-order valence-corrected chi connectivity index (χ1v) is 7.87. The molecular formula is C17H16N2O3S. The van der Waals surface area contributed by atoms with Crippen LogP contribution in [0, 0.1) is 13.8 Å². The number of methoxy groups -OCH3 is 1. The van der Waals surface area contributed by atoms with Gasteiger partial charge >= 0.3 is 0 Å². The molecule has 0 aliphatic rings. The molecule has 0 fully saturated rings. The maximum atomic E-state index is 12.2. The Labute approximate surface area is 137 Å². The van der Waals surface area contributed by atoms with E-state index in [1.54, 1.807) is 13.2 Å². The van der Waals surface area contributed by atoms with Crippen LogP contribution >= 0.6 is 11.3 Å². The minimum atomic E-state index is -0.289. The highest BCUT2D eigenvalue weighted by molar-refractivity contribution is 7.16. The van der Waals surface area contributed by atoms with Crippen LogP contribution in [0.2, 0.25) is 0 Å². The van der Waals surface area contributed by atoms with E-state index < -0.39 is 0 Å². The maximum Gasteiger partial charge on any atom is 0.293 e.